The molecule has 12 nitrogen and oxygen atoms in total. The summed E-state index contributed by atoms with van der Waals surface area (Å²) in [6.07, 6.45) is 2.21. The monoisotopic (exact) mass is 695 g/mol. The molecule has 272 valence electrons. The number of halogens is 1. The van der Waals surface area contributed by atoms with Crippen LogP contribution in [0.5, 0.6) is 5.88 Å². The zero-order valence-corrected chi connectivity index (χ0v) is 30.1. The first-order valence-corrected chi connectivity index (χ1v) is 17.6. The van der Waals surface area contributed by atoms with Crippen molar-refractivity contribution < 1.29 is 37.7 Å². The first kappa shape index (κ1) is 36.0. The maximum atomic E-state index is 14.5. The highest BCUT2D eigenvalue weighted by atomic mass is 19.1. The van der Waals surface area contributed by atoms with Crippen LogP contribution in [0.15, 0.2) is 30.3 Å². The lowest BCUT2D eigenvalue weighted by atomic mass is 10.0. The van der Waals surface area contributed by atoms with Gasteiger partial charge in [0.05, 0.1) is 31.5 Å². The topological polar surface area (TPSA) is 114 Å². The molecule has 1 spiro atoms. The minimum absolute atomic E-state index is 0.0435. The predicted molar refractivity (Wildman–Crippen MR) is 183 cm³/mol. The van der Waals surface area contributed by atoms with Crippen molar-refractivity contribution in [1.82, 2.24) is 19.7 Å². The van der Waals surface area contributed by atoms with Gasteiger partial charge >= 0.3 is 12.1 Å². The van der Waals surface area contributed by atoms with Gasteiger partial charge in [0, 0.05) is 50.7 Å². The van der Waals surface area contributed by atoms with Crippen LogP contribution in [0.3, 0.4) is 0 Å². The van der Waals surface area contributed by atoms with E-state index in [0.29, 0.717) is 56.5 Å². The van der Waals surface area contributed by atoms with E-state index in [4.69, 9.17) is 23.9 Å². The number of amides is 2. The maximum absolute atomic E-state index is 14.5. The Bertz CT molecular complexity index is 1580. The van der Waals surface area contributed by atoms with Crippen molar-refractivity contribution in [2.24, 2.45) is 0 Å². The first-order valence-electron chi connectivity index (χ1n) is 17.6. The van der Waals surface area contributed by atoms with Gasteiger partial charge in [-0.15, -0.1) is 0 Å². The number of hydrogen-bond acceptors (Lipinski definition) is 10. The van der Waals surface area contributed by atoms with Gasteiger partial charge in [-0.1, -0.05) is 12.1 Å². The Balaban J connectivity index is 1.27. The minimum Gasteiger partial charge on any atom is -0.474 e. The number of piperazine rings is 1. The maximum Gasteiger partial charge on any atom is 0.410 e. The second-order valence-electron chi connectivity index (χ2n) is 15.2. The van der Waals surface area contributed by atoms with Gasteiger partial charge < -0.3 is 28.7 Å². The number of carbonyl (C=O) groups excluding carboxylic acids is 3. The van der Waals surface area contributed by atoms with E-state index >= 15 is 0 Å². The molecule has 0 radical (unpaired) electrons. The van der Waals surface area contributed by atoms with Crippen LogP contribution in [0.4, 0.5) is 14.9 Å². The third kappa shape index (κ3) is 8.21. The average molecular weight is 696 g/mol. The molecule has 0 N–H and O–H groups in total. The number of pyridine rings is 1. The number of fused-ring (bicyclic) bond motifs is 1. The second kappa shape index (κ2) is 14.4. The smallest absolute Gasteiger partial charge is 0.410 e. The molecule has 50 heavy (non-hydrogen) atoms. The fourth-order valence-electron chi connectivity index (χ4n) is 7.21. The number of esters is 1. The summed E-state index contributed by atoms with van der Waals surface area (Å²) in [6.45, 7) is 15.0. The van der Waals surface area contributed by atoms with Gasteiger partial charge in [0.15, 0.2) is 0 Å². The standard InChI is InChI=1S/C37H50FN5O7/c1-24-17-40(30(19-42(24)35(46)50-36(4,5)6)18-41-13-14-47-23-37(41)11-12-37)20-33(45)43-25(2)21-49-34-32(43)16-28(31(39-34)22-48-26(3)44)15-27-7-9-29(38)10-8-27/h7-10,16,24-25,30H,11-15,17-23H2,1-6H3/t24-,25+,30+/m1/s1. The van der Waals surface area contributed by atoms with Crippen molar-refractivity contribution >= 4 is 23.7 Å². The van der Waals surface area contributed by atoms with Crippen molar-refractivity contribution in [1.29, 1.82) is 0 Å². The van der Waals surface area contributed by atoms with Crippen LogP contribution in [-0.2, 0) is 36.8 Å². The molecule has 2 aromatic rings. The highest BCUT2D eigenvalue weighted by Crippen LogP contribution is 2.44. The van der Waals surface area contributed by atoms with E-state index in [9.17, 15) is 18.8 Å². The van der Waals surface area contributed by atoms with Crippen molar-refractivity contribution in [3.63, 3.8) is 0 Å². The van der Waals surface area contributed by atoms with Gasteiger partial charge in [0.2, 0.25) is 11.8 Å². The van der Waals surface area contributed by atoms with Crippen LogP contribution < -0.4 is 9.64 Å². The van der Waals surface area contributed by atoms with Gasteiger partial charge in [0.1, 0.15) is 30.3 Å². The molecule has 6 rings (SSSR count). The molecule has 4 aliphatic rings. The number of nitrogens with zero attached hydrogens (tertiary/aromatic N) is 5. The van der Waals surface area contributed by atoms with E-state index in [2.05, 4.69) is 9.80 Å². The summed E-state index contributed by atoms with van der Waals surface area (Å²) in [7, 11) is 0. The van der Waals surface area contributed by atoms with Crippen molar-refractivity contribution in [3.05, 3.63) is 53.0 Å². The van der Waals surface area contributed by atoms with Gasteiger partial charge in [-0.25, -0.2) is 14.2 Å². The summed E-state index contributed by atoms with van der Waals surface area (Å²) in [5.74, 6) is -0.582. The van der Waals surface area contributed by atoms with Gasteiger partial charge in [-0.05, 0) is 83.2 Å². The summed E-state index contributed by atoms with van der Waals surface area (Å²) < 4.78 is 36.7. The SMILES string of the molecule is CC(=O)OCc1nc2c(cc1Cc1ccc(F)cc1)N(C(=O)CN1C[C@@H](C)N(C(=O)OC(C)(C)C)C[C@@H]1CN1CCOCC13CC3)[C@@H](C)CO2. The summed E-state index contributed by atoms with van der Waals surface area (Å²) in [6, 6.07) is 7.52. The Labute approximate surface area is 293 Å². The van der Waals surface area contributed by atoms with E-state index in [1.54, 1.807) is 21.9 Å². The van der Waals surface area contributed by atoms with Crippen LogP contribution in [0.25, 0.3) is 0 Å². The largest absolute Gasteiger partial charge is 0.474 e. The van der Waals surface area contributed by atoms with Crippen LogP contribution in [-0.4, -0.2) is 119 Å². The average Bonchev–Trinajstić information content (AvgIpc) is 3.82. The van der Waals surface area contributed by atoms with Crippen LogP contribution >= 0.6 is 0 Å². The fourth-order valence-corrected chi connectivity index (χ4v) is 7.21. The molecule has 1 saturated carbocycles. The number of benzene rings is 1. The Hall–Kier alpha value is -3.81. The fraction of sp³-hybridized carbons (Fsp3) is 0.622. The number of carbonyl (C=O) groups is 3. The van der Waals surface area contributed by atoms with E-state index in [-0.39, 0.29) is 61.2 Å². The molecule has 3 atom stereocenters. The molecule has 1 aromatic heterocycles. The third-order valence-corrected chi connectivity index (χ3v) is 10.0. The highest BCUT2D eigenvalue weighted by Gasteiger charge is 2.51. The van der Waals surface area contributed by atoms with Crippen LogP contribution in [0, 0.1) is 5.82 Å². The van der Waals surface area contributed by atoms with E-state index in [0.717, 1.165) is 30.5 Å². The van der Waals surface area contributed by atoms with Crippen LogP contribution in [0.1, 0.15) is 71.2 Å². The predicted octanol–water partition coefficient (Wildman–Crippen LogP) is 4.16. The van der Waals surface area contributed by atoms with Crippen molar-refractivity contribution in [2.45, 2.75) is 96.7 Å². The second-order valence-corrected chi connectivity index (χ2v) is 15.2. The Morgan fingerprint density at radius 1 is 1.08 bits per heavy atom. The molecule has 0 unspecified atom stereocenters. The molecular weight excluding hydrogens is 645 g/mol. The van der Waals surface area contributed by atoms with E-state index < -0.39 is 11.6 Å². The highest BCUT2D eigenvalue weighted by molar-refractivity contribution is 5.97. The molecule has 3 fully saturated rings. The Morgan fingerprint density at radius 2 is 1.82 bits per heavy atom. The number of rotatable bonds is 8. The van der Waals surface area contributed by atoms with Gasteiger partial charge in [0.25, 0.3) is 0 Å². The molecule has 4 heterocycles. The van der Waals surface area contributed by atoms with E-state index in [1.807, 2.05) is 40.7 Å². The molecule has 1 aliphatic carbocycles. The van der Waals surface area contributed by atoms with Crippen molar-refractivity contribution in [3.8, 4) is 5.88 Å². The molecule has 0 bridgehead atoms. The van der Waals surface area contributed by atoms with E-state index in [1.165, 1.54) is 19.1 Å². The molecule has 3 aliphatic heterocycles. The summed E-state index contributed by atoms with van der Waals surface area (Å²) in [4.78, 5) is 52.6. The number of anilines is 1. The number of morpholine rings is 1. The number of hydrogen-bond donors (Lipinski definition) is 0. The van der Waals surface area contributed by atoms with Crippen molar-refractivity contribution in [2.75, 3.05) is 57.4 Å². The normalized spacial score (nSPS) is 23.6. The van der Waals surface area contributed by atoms with Crippen LogP contribution in [0.2, 0.25) is 0 Å². The lowest BCUT2D eigenvalue weighted by molar-refractivity contribution is -0.142. The first-order chi connectivity index (χ1) is 23.7. The molecule has 1 aromatic carbocycles. The minimum atomic E-state index is -0.622. The van der Waals surface area contributed by atoms with Gasteiger partial charge in [-0.2, -0.15) is 0 Å². The Morgan fingerprint density at radius 3 is 2.50 bits per heavy atom. The summed E-state index contributed by atoms with van der Waals surface area (Å²) in [5, 5.41) is 0. The number of ether oxygens (including phenoxy) is 4. The lowest BCUT2D eigenvalue weighted by Crippen LogP contribution is -2.65. The lowest BCUT2D eigenvalue weighted by Gasteiger charge is -2.48. The molecule has 2 amide bonds. The Kier molecular flexibility index (Phi) is 10.4. The quantitative estimate of drug-likeness (QED) is 0.373. The molecule has 2 saturated heterocycles. The zero-order chi connectivity index (χ0) is 35.8. The number of aromatic nitrogens is 1. The third-order valence-electron chi connectivity index (χ3n) is 10.0. The summed E-state index contributed by atoms with van der Waals surface area (Å²) in [5.41, 5.74) is 2.06. The zero-order valence-electron chi connectivity index (χ0n) is 30.1. The molecular formula is C37H50FN5O7. The van der Waals surface area contributed by atoms with Gasteiger partial charge in [-0.3, -0.25) is 19.4 Å². The summed E-state index contributed by atoms with van der Waals surface area (Å²) >= 11 is 0. The molecule has 13 heteroatoms.